The normalized spacial score (nSPS) is 14.3. The van der Waals surface area contributed by atoms with E-state index in [1.54, 1.807) is 6.07 Å². The second-order valence-electron chi connectivity index (χ2n) is 2.64. The monoisotopic (exact) mass is 211 g/mol. The number of primary amides is 1. The highest BCUT2D eigenvalue weighted by atomic mass is 31.1. The van der Waals surface area contributed by atoms with Crippen LogP contribution in [0.4, 0.5) is 0 Å². The summed E-state index contributed by atoms with van der Waals surface area (Å²) in [6, 6.07) is 4.50. The number of amides is 1. The minimum absolute atomic E-state index is 0.0967. The number of ketones is 1. The second-order valence-corrected chi connectivity index (χ2v) is 3.22. The Balaban J connectivity index is 2.38. The highest BCUT2D eigenvalue weighted by molar-refractivity contribution is 7.27. The van der Waals surface area contributed by atoms with E-state index in [0.29, 0.717) is 11.5 Å². The van der Waals surface area contributed by atoms with Gasteiger partial charge in [-0.3, -0.25) is 9.59 Å². The van der Waals surface area contributed by atoms with Gasteiger partial charge in [-0.05, 0) is 18.2 Å². The first-order chi connectivity index (χ1) is 6.68. The summed E-state index contributed by atoms with van der Waals surface area (Å²) in [5.41, 5.74) is 5.07. The summed E-state index contributed by atoms with van der Waals surface area (Å²) < 4.78 is 10.1. The summed E-state index contributed by atoms with van der Waals surface area (Å²) in [5, 5.41) is 0. The maximum Gasteiger partial charge on any atom is 0.289 e. The molecule has 72 valence electrons. The summed E-state index contributed by atoms with van der Waals surface area (Å²) in [4.78, 5) is 21.8. The van der Waals surface area contributed by atoms with Crippen LogP contribution in [0.2, 0.25) is 0 Å². The molecule has 0 saturated carbocycles. The zero-order chi connectivity index (χ0) is 10.1. The minimum atomic E-state index is -0.980. The van der Waals surface area contributed by atoms with Crippen LogP contribution in [-0.2, 0) is 4.79 Å². The molecule has 1 unspecified atom stereocenters. The predicted octanol–water partition coefficient (Wildman–Crippen LogP) is 0.634. The van der Waals surface area contributed by atoms with Crippen molar-refractivity contribution in [1.29, 1.82) is 0 Å². The Morgan fingerprint density at radius 3 is 2.64 bits per heavy atom. The average Bonchev–Trinajstić information content (AvgIpc) is 2.62. The van der Waals surface area contributed by atoms with Crippen LogP contribution in [0.1, 0.15) is 10.4 Å². The molecule has 1 heterocycles. The summed E-state index contributed by atoms with van der Waals surface area (Å²) in [6.45, 7) is 0. The van der Waals surface area contributed by atoms with E-state index in [1.165, 1.54) is 12.1 Å². The first-order valence-corrected chi connectivity index (χ1v) is 4.57. The van der Waals surface area contributed by atoms with E-state index in [-0.39, 0.29) is 14.6 Å². The van der Waals surface area contributed by atoms with Gasteiger partial charge in [-0.15, -0.1) is 0 Å². The lowest BCUT2D eigenvalue weighted by atomic mass is 10.1. The van der Waals surface area contributed by atoms with E-state index >= 15 is 0 Å². The van der Waals surface area contributed by atoms with Crippen LogP contribution in [0.25, 0.3) is 0 Å². The largest absolute Gasteiger partial charge is 0.437 e. The van der Waals surface area contributed by atoms with Crippen molar-refractivity contribution in [2.24, 2.45) is 5.73 Å². The number of nitrogens with two attached hydrogens (primary N) is 1. The third-order valence-corrected chi connectivity index (χ3v) is 2.34. The Kier molecular flexibility index (Phi) is 2.09. The molecule has 1 amide bonds. The maximum atomic E-state index is 11.2. The Hall–Kier alpha value is -1.61. The molecule has 2 N–H and O–H groups in total. The maximum absolute atomic E-state index is 11.2. The molecule has 1 aliphatic rings. The number of fused-ring (bicyclic) bond motifs is 1. The molecule has 14 heavy (non-hydrogen) atoms. The van der Waals surface area contributed by atoms with Crippen LogP contribution >= 0.6 is 9.03 Å². The van der Waals surface area contributed by atoms with Crippen molar-refractivity contribution in [3.63, 3.8) is 0 Å². The van der Waals surface area contributed by atoms with Gasteiger partial charge in [-0.25, -0.2) is 0 Å². The highest BCUT2D eigenvalue weighted by Gasteiger charge is 2.18. The number of carbonyl (C=O) groups is 2. The van der Waals surface area contributed by atoms with Crippen LogP contribution in [-0.4, -0.2) is 11.7 Å². The Labute approximate surface area is 81.1 Å². The number of hydrogen-bond donors (Lipinski definition) is 1. The van der Waals surface area contributed by atoms with Crippen molar-refractivity contribution in [2.45, 2.75) is 0 Å². The van der Waals surface area contributed by atoms with E-state index in [1.807, 2.05) is 0 Å². The fraction of sp³-hybridized carbons (Fsp3) is 0. The lowest BCUT2D eigenvalue weighted by molar-refractivity contribution is -0.114. The predicted molar refractivity (Wildman–Crippen MR) is 49.5 cm³/mol. The molecule has 0 aliphatic carbocycles. The zero-order valence-corrected chi connectivity index (χ0v) is 7.94. The van der Waals surface area contributed by atoms with Crippen molar-refractivity contribution < 1.29 is 18.6 Å². The summed E-state index contributed by atoms with van der Waals surface area (Å²) in [6.07, 6.45) is 0. The molecule has 5 nitrogen and oxygen atoms in total. The van der Waals surface area contributed by atoms with Crippen LogP contribution in [0, 0.1) is 0 Å². The number of carbonyl (C=O) groups excluding carboxylic acids is 2. The third-order valence-electron chi connectivity index (χ3n) is 1.73. The van der Waals surface area contributed by atoms with Gasteiger partial charge >= 0.3 is 0 Å². The van der Waals surface area contributed by atoms with Gasteiger partial charge in [-0.1, -0.05) is 0 Å². The van der Waals surface area contributed by atoms with Crippen LogP contribution < -0.4 is 14.8 Å². The molecule has 0 fully saturated rings. The van der Waals surface area contributed by atoms with Gasteiger partial charge in [0.1, 0.15) is 0 Å². The fourth-order valence-corrected chi connectivity index (χ4v) is 1.62. The second kappa shape index (κ2) is 3.27. The molecule has 6 heteroatoms. The van der Waals surface area contributed by atoms with E-state index in [9.17, 15) is 9.59 Å². The lowest BCUT2D eigenvalue weighted by Crippen LogP contribution is -2.22. The molecule has 0 radical (unpaired) electrons. The first-order valence-electron chi connectivity index (χ1n) is 3.75. The number of Topliss-reactive ketones (excluding diaryl/α,β-unsaturated/α-hetero) is 1. The first kappa shape index (κ1) is 8.97. The van der Waals surface area contributed by atoms with Gasteiger partial charge in [0, 0.05) is 5.56 Å². The van der Waals surface area contributed by atoms with Crippen molar-refractivity contribution in [3.8, 4) is 11.5 Å². The molecule has 0 aromatic heterocycles. The van der Waals surface area contributed by atoms with E-state index in [4.69, 9.17) is 14.8 Å². The average molecular weight is 211 g/mol. The number of benzene rings is 1. The van der Waals surface area contributed by atoms with Crippen LogP contribution in [0.5, 0.6) is 11.5 Å². The van der Waals surface area contributed by atoms with Gasteiger partial charge in [0.2, 0.25) is 5.78 Å². The summed E-state index contributed by atoms with van der Waals surface area (Å²) >= 11 is 0. The number of rotatable bonds is 2. The Bertz CT molecular complexity index is 418. The van der Waals surface area contributed by atoms with E-state index < -0.39 is 11.7 Å². The third kappa shape index (κ3) is 1.42. The van der Waals surface area contributed by atoms with Crippen LogP contribution in [0.15, 0.2) is 18.2 Å². The summed E-state index contributed by atoms with van der Waals surface area (Å²) in [7, 11) is -0.0967. The SMILES string of the molecule is NC(=O)C(=O)c1ccc2c(c1)OPO2. The molecule has 1 aliphatic heterocycles. The molecule has 1 aromatic rings. The van der Waals surface area contributed by atoms with Crippen molar-refractivity contribution in [2.75, 3.05) is 0 Å². The van der Waals surface area contributed by atoms with E-state index in [2.05, 4.69) is 0 Å². The fourth-order valence-electron chi connectivity index (χ4n) is 1.07. The molecule has 1 aromatic carbocycles. The summed E-state index contributed by atoms with van der Waals surface area (Å²) in [5.74, 6) is -0.669. The standard InChI is InChI=1S/C8H6NO4P/c9-8(11)7(10)4-1-2-5-6(3-4)13-14-12-5/h1-3,14H,(H2,9,11). The van der Waals surface area contributed by atoms with Gasteiger partial charge in [-0.2, -0.15) is 0 Å². The zero-order valence-electron chi connectivity index (χ0n) is 6.94. The molecule has 0 bridgehead atoms. The lowest BCUT2D eigenvalue weighted by Gasteiger charge is -1.98. The highest BCUT2D eigenvalue weighted by Crippen LogP contribution is 2.41. The smallest absolute Gasteiger partial charge is 0.289 e. The van der Waals surface area contributed by atoms with Crippen molar-refractivity contribution in [3.05, 3.63) is 23.8 Å². The van der Waals surface area contributed by atoms with Crippen molar-refractivity contribution >= 4 is 20.7 Å². The molecule has 1 atom stereocenters. The van der Waals surface area contributed by atoms with Gasteiger partial charge in [0.25, 0.3) is 14.9 Å². The topological polar surface area (TPSA) is 78.6 Å². The van der Waals surface area contributed by atoms with Gasteiger partial charge < -0.3 is 14.8 Å². The molecular formula is C8H6NO4P. The van der Waals surface area contributed by atoms with E-state index in [0.717, 1.165) is 0 Å². The number of hydrogen-bond acceptors (Lipinski definition) is 4. The minimum Gasteiger partial charge on any atom is -0.437 e. The Morgan fingerprint density at radius 1 is 1.21 bits per heavy atom. The van der Waals surface area contributed by atoms with Crippen LogP contribution in [0.3, 0.4) is 0 Å². The quantitative estimate of drug-likeness (QED) is 0.442. The molecule has 0 spiro atoms. The molecule has 2 rings (SSSR count). The Morgan fingerprint density at radius 2 is 1.93 bits per heavy atom. The van der Waals surface area contributed by atoms with Crippen molar-refractivity contribution in [1.82, 2.24) is 0 Å². The van der Waals surface area contributed by atoms with Gasteiger partial charge in [0.05, 0.1) is 0 Å². The van der Waals surface area contributed by atoms with Gasteiger partial charge in [0.15, 0.2) is 11.5 Å². The molecular weight excluding hydrogens is 205 g/mol. The molecule has 0 saturated heterocycles.